The molecule has 1 N–H and O–H groups in total. The van der Waals surface area contributed by atoms with Crippen LogP contribution < -0.4 is 0 Å². The van der Waals surface area contributed by atoms with Gasteiger partial charge < -0.3 is 9.53 Å². The number of carbonyl (C=O) groups excluding carboxylic acids is 1. The number of hydrogen-bond donors (Lipinski definition) is 1. The number of alkyl halides is 1. The molecule has 4 aliphatic rings. The summed E-state index contributed by atoms with van der Waals surface area (Å²) in [6.07, 6.45) is 5.46. The van der Waals surface area contributed by atoms with Gasteiger partial charge in [0.1, 0.15) is 5.67 Å². The van der Waals surface area contributed by atoms with Gasteiger partial charge in [-0.3, -0.25) is 4.79 Å². The average molecular weight is 409 g/mol. The van der Waals surface area contributed by atoms with E-state index < -0.39 is 25.5 Å². The molecule has 0 saturated heterocycles. The maximum atomic E-state index is 17.0. The molecule has 0 bridgehead atoms. The summed E-state index contributed by atoms with van der Waals surface area (Å²) in [5.41, 5.74) is -1.95. The Labute approximate surface area is 170 Å². The second kappa shape index (κ2) is 6.01. The molecule has 0 radical (unpaired) electrons. The zero-order valence-corrected chi connectivity index (χ0v) is 19.4. The van der Waals surface area contributed by atoms with Crippen molar-refractivity contribution in [3.63, 3.8) is 0 Å². The zero-order chi connectivity index (χ0) is 20.8. The molecule has 3 saturated carbocycles. The summed E-state index contributed by atoms with van der Waals surface area (Å²) in [6, 6.07) is 0. The summed E-state index contributed by atoms with van der Waals surface area (Å²) in [7, 11) is -1.77. The largest absolute Gasteiger partial charge is 0.412 e. The van der Waals surface area contributed by atoms with E-state index in [1.807, 2.05) is 6.92 Å². The molecule has 5 unspecified atom stereocenters. The predicted molar refractivity (Wildman–Crippen MR) is 111 cm³/mol. The van der Waals surface area contributed by atoms with Crippen molar-refractivity contribution >= 4 is 14.1 Å². The summed E-state index contributed by atoms with van der Waals surface area (Å²) in [5, 5.41) is 11.3. The standard InChI is InChI=1S/C23H37FO3Si/c1-20-11-9-16(25)13-15(20)7-8-18-17-10-12-22(3,27-28(4,5)6)21(17,2)14-19(26)23(18,20)24/h13,17-19,26H,7-12,14H2,1-6H3/t17?,18?,19?,20?,21?,22-,23-/m0/s1. The van der Waals surface area contributed by atoms with E-state index in [1.54, 1.807) is 6.08 Å². The van der Waals surface area contributed by atoms with E-state index in [-0.39, 0.29) is 28.6 Å². The molecular weight excluding hydrogens is 371 g/mol. The molecule has 0 aromatic heterocycles. The van der Waals surface area contributed by atoms with Crippen LogP contribution in [-0.4, -0.2) is 36.6 Å². The highest BCUT2D eigenvalue weighted by atomic mass is 28.4. The van der Waals surface area contributed by atoms with Crippen molar-refractivity contribution in [2.75, 3.05) is 0 Å². The summed E-state index contributed by atoms with van der Waals surface area (Å²) < 4.78 is 23.7. The number of rotatable bonds is 2. The molecule has 28 heavy (non-hydrogen) atoms. The van der Waals surface area contributed by atoms with Gasteiger partial charge in [-0.2, -0.15) is 0 Å². The molecule has 3 fully saturated rings. The lowest BCUT2D eigenvalue weighted by molar-refractivity contribution is -0.223. The Balaban J connectivity index is 1.76. The Morgan fingerprint density at radius 1 is 1.11 bits per heavy atom. The molecule has 5 heteroatoms. The van der Waals surface area contributed by atoms with E-state index >= 15 is 4.39 Å². The molecule has 0 aliphatic heterocycles. The zero-order valence-electron chi connectivity index (χ0n) is 18.4. The number of ketones is 1. The van der Waals surface area contributed by atoms with Gasteiger partial charge in [-0.1, -0.05) is 19.4 Å². The highest BCUT2D eigenvalue weighted by Gasteiger charge is 2.73. The number of hydrogen-bond acceptors (Lipinski definition) is 3. The molecule has 4 rings (SSSR count). The van der Waals surface area contributed by atoms with Crippen LogP contribution in [0.2, 0.25) is 19.6 Å². The molecule has 0 aromatic rings. The molecule has 0 aromatic carbocycles. The number of carbonyl (C=O) groups is 1. The number of halogens is 1. The molecule has 158 valence electrons. The van der Waals surface area contributed by atoms with Crippen LogP contribution in [0.1, 0.15) is 65.7 Å². The van der Waals surface area contributed by atoms with Gasteiger partial charge in [-0.15, -0.1) is 0 Å². The summed E-state index contributed by atoms with van der Waals surface area (Å²) in [5.74, 6) is 0.170. The topological polar surface area (TPSA) is 46.5 Å². The SMILES string of the molecule is CC12CCC(=O)C=C1CCC1C3CC[C@](C)(O[Si](C)(C)C)C3(C)CC(O)[C@@]12F. The van der Waals surface area contributed by atoms with E-state index in [0.29, 0.717) is 19.3 Å². The second-order valence-electron chi connectivity index (χ2n) is 11.6. The number of allylic oxidation sites excluding steroid dienone is 1. The third-order valence-electron chi connectivity index (χ3n) is 9.10. The van der Waals surface area contributed by atoms with Crippen molar-refractivity contribution < 1.29 is 18.7 Å². The van der Waals surface area contributed by atoms with E-state index in [1.165, 1.54) is 0 Å². The Morgan fingerprint density at radius 2 is 1.79 bits per heavy atom. The minimum Gasteiger partial charge on any atom is -0.412 e. The van der Waals surface area contributed by atoms with Crippen LogP contribution in [0.15, 0.2) is 11.6 Å². The minimum absolute atomic E-state index is 0.113. The molecule has 3 nitrogen and oxygen atoms in total. The lowest BCUT2D eigenvalue weighted by Crippen LogP contribution is -2.69. The van der Waals surface area contributed by atoms with Crippen LogP contribution in [0, 0.1) is 22.7 Å². The van der Waals surface area contributed by atoms with Gasteiger partial charge in [0.05, 0.1) is 11.7 Å². The van der Waals surface area contributed by atoms with Gasteiger partial charge in [0.25, 0.3) is 0 Å². The fourth-order valence-corrected chi connectivity index (χ4v) is 9.30. The fourth-order valence-electron chi connectivity index (χ4n) is 7.62. The maximum absolute atomic E-state index is 17.0. The van der Waals surface area contributed by atoms with Crippen LogP contribution in [0.5, 0.6) is 0 Å². The second-order valence-corrected chi connectivity index (χ2v) is 16.0. The number of fused-ring (bicyclic) bond motifs is 5. The van der Waals surface area contributed by atoms with Crippen LogP contribution >= 0.6 is 0 Å². The lowest BCUT2D eigenvalue weighted by atomic mass is 9.44. The van der Waals surface area contributed by atoms with Crippen molar-refractivity contribution in [2.24, 2.45) is 22.7 Å². The van der Waals surface area contributed by atoms with Crippen molar-refractivity contribution in [3.8, 4) is 0 Å². The van der Waals surface area contributed by atoms with Gasteiger partial charge in [0.15, 0.2) is 14.1 Å². The first-order valence-corrected chi connectivity index (χ1v) is 14.5. The van der Waals surface area contributed by atoms with Gasteiger partial charge in [0, 0.05) is 23.2 Å². The first kappa shape index (κ1) is 20.7. The van der Waals surface area contributed by atoms with Gasteiger partial charge in [-0.05, 0) is 77.1 Å². The minimum atomic E-state index is -1.77. The number of aliphatic hydroxyl groups is 1. The van der Waals surface area contributed by atoms with Crippen molar-refractivity contribution in [2.45, 2.75) is 103 Å². The Morgan fingerprint density at radius 3 is 2.43 bits per heavy atom. The van der Waals surface area contributed by atoms with Gasteiger partial charge >= 0.3 is 0 Å². The molecular formula is C23H37FO3Si. The fraction of sp³-hybridized carbons (Fsp3) is 0.870. The van der Waals surface area contributed by atoms with Gasteiger partial charge in [0.2, 0.25) is 0 Å². The summed E-state index contributed by atoms with van der Waals surface area (Å²) in [4.78, 5) is 12.0. The third kappa shape index (κ3) is 2.54. The van der Waals surface area contributed by atoms with E-state index in [4.69, 9.17) is 4.43 Å². The Kier molecular flexibility index (Phi) is 4.45. The molecule has 0 heterocycles. The van der Waals surface area contributed by atoms with E-state index in [0.717, 1.165) is 31.3 Å². The monoisotopic (exact) mass is 408 g/mol. The maximum Gasteiger partial charge on any atom is 0.184 e. The molecule has 7 atom stereocenters. The van der Waals surface area contributed by atoms with Crippen LogP contribution in [-0.2, 0) is 9.22 Å². The van der Waals surface area contributed by atoms with Crippen molar-refractivity contribution in [1.82, 2.24) is 0 Å². The lowest BCUT2D eigenvalue weighted by Gasteiger charge is -2.64. The molecule has 0 amide bonds. The predicted octanol–water partition coefficient (Wildman–Crippen LogP) is 5.19. The highest BCUT2D eigenvalue weighted by molar-refractivity contribution is 6.69. The third-order valence-corrected chi connectivity index (χ3v) is 10.2. The Bertz CT molecular complexity index is 730. The van der Waals surface area contributed by atoms with Crippen LogP contribution in [0.3, 0.4) is 0 Å². The Hall–Kier alpha value is -0.523. The van der Waals surface area contributed by atoms with Crippen LogP contribution in [0.25, 0.3) is 0 Å². The average Bonchev–Trinajstić information content (AvgIpc) is 2.79. The molecule has 0 spiro atoms. The van der Waals surface area contributed by atoms with Crippen molar-refractivity contribution in [3.05, 3.63) is 11.6 Å². The van der Waals surface area contributed by atoms with E-state index in [2.05, 4.69) is 33.5 Å². The smallest absolute Gasteiger partial charge is 0.184 e. The van der Waals surface area contributed by atoms with Gasteiger partial charge in [-0.25, -0.2) is 4.39 Å². The first-order valence-electron chi connectivity index (χ1n) is 11.1. The number of aliphatic hydroxyl groups excluding tert-OH is 1. The van der Waals surface area contributed by atoms with E-state index in [9.17, 15) is 9.90 Å². The quantitative estimate of drug-likeness (QED) is 0.640. The summed E-state index contributed by atoms with van der Waals surface area (Å²) in [6.45, 7) is 13.1. The van der Waals surface area contributed by atoms with Crippen molar-refractivity contribution in [1.29, 1.82) is 0 Å². The molecule has 4 aliphatic carbocycles. The summed E-state index contributed by atoms with van der Waals surface area (Å²) >= 11 is 0. The first-order chi connectivity index (χ1) is 12.8. The van der Waals surface area contributed by atoms with Crippen LogP contribution in [0.4, 0.5) is 4.39 Å². The highest BCUT2D eigenvalue weighted by Crippen LogP contribution is 2.70. The normalized spacial score (nSPS) is 51.2.